The smallest absolute Gasteiger partial charge is 0.307 e. The van der Waals surface area contributed by atoms with Gasteiger partial charge in [-0.05, 0) is 11.6 Å². The summed E-state index contributed by atoms with van der Waals surface area (Å²) in [6.45, 7) is 3.85. The van der Waals surface area contributed by atoms with Gasteiger partial charge in [-0.15, -0.1) is 0 Å². The molecule has 1 saturated heterocycles. The average molecular weight is 347 g/mol. The third kappa shape index (κ3) is 6.42. The van der Waals surface area contributed by atoms with E-state index in [2.05, 4.69) is 0 Å². The zero-order chi connectivity index (χ0) is 17.4. The van der Waals surface area contributed by atoms with E-state index in [1.54, 1.807) is 6.08 Å². The molecule has 0 unspecified atom stereocenters. The topological polar surface area (TPSA) is 88.1 Å². The first kappa shape index (κ1) is 19.2. The second-order valence-electron chi connectivity index (χ2n) is 4.87. The van der Waals surface area contributed by atoms with E-state index in [9.17, 15) is 14.4 Å². The van der Waals surface area contributed by atoms with E-state index in [1.807, 2.05) is 0 Å². The van der Waals surface area contributed by atoms with E-state index in [4.69, 9.17) is 30.5 Å². The van der Waals surface area contributed by atoms with Gasteiger partial charge in [-0.25, -0.2) is 0 Å². The number of hydrogen-bond donors (Lipinski definition) is 0. The molecule has 0 aromatic rings. The normalized spacial score (nSPS) is 23.7. The van der Waals surface area contributed by atoms with E-state index >= 15 is 0 Å². The van der Waals surface area contributed by atoms with Crippen LogP contribution in [0.2, 0.25) is 0 Å². The first-order chi connectivity index (χ1) is 10.8. The molecule has 8 heteroatoms. The quantitative estimate of drug-likeness (QED) is 0.411. The lowest BCUT2D eigenvalue weighted by atomic mass is 9.94. The highest BCUT2D eigenvalue weighted by Gasteiger charge is 2.39. The molecule has 3 atom stereocenters. The van der Waals surface area contributed by atoms with E-state index in [-0.39, 0.29) is 19.1 Å². The molecule has 1 aliphatic heterocycles. The van der Waals surface area contributed by atoms with Crippen LogP contribution in [0.5, 0.6) is 0 Å². The van der Waals surface area contributed by atoms with Gasteiger partial charge in [0.15, 0.2) is 6.10 Å². The van der Waals surface area contributed by atoms with Crippen LogP contribution in [0.4, 0.5) is 0 Å². The lowest BCUT2D eigenvalue weighted by molar-refractivity contribution is -0.165. The Morgan fingerprint density at radius 3 is 2.48 bits per heavy atom. The number of esters is 3. The van der Waals surface area contributed by atoms with Crippen molar-refractivity contribution in [1.29, 1.82) is 0 Å². The predicted molar refractivity (Wildman–Crippen MR) is 80.3 cm³/mol. The van der Waals surface area contributed by atoms with Crippen molar-refractivity contribution < 1.29 is 33.3 Å². The zero-order valence-electron chi connectivity index (χ0n) is 13.1. The molecular formula is C15H19ClO7. The van der Waals surface area contributed by atoms with E-state index in [1.165, 1.54) is 32.6 Å². The highest BCUT2D eigenvalue weighted by Crippen LogP contribution is 2.32. The Kier molecular flexibility index (Phi) is 7.77. The molecule has 0 aliphatic carbocycles. The molecule has 0 saturated carbocycles. The largest absolute Gasteiger partial charge is 0.462 e. The lowest BCUT2D eigenvalue weighted by Crippen LogP contribution is -2.38. The fourth-order valence-electron chi connectivity index (χ4n) is 2.11. The Bertz CT molecular complexity index is 512. The molecule has 0 spiro atoms. The van der Waals surface area contributed by atoms with Crippen molar-refractivity contribution in [3.8, 4) is 0 Å². The fraction of sp³-hybridized carbons (Fsp3) is 0.533. The van der Waals surface area contributed by atoms with Gasteiger partial charge in [0.25, 0.3) is 0 Å². The third-order valence-electron chi connectivity index (χ3n) is 3.02. The molecule has 1 aliphatic rings. The van der Waals surface area contributed by atoms with E-state index < -0.39 is 30.1 Å². The van der Waals surface area contributed by atoms with Gasteiger partial charge in [-0.3, -0.25) is 14.4 Å². The van der Waals surface area contributed by atoms with Gasteiger partial charge in [0.05, 0.1) is 12.9 Å². The summed E-state index contributed by atoms with van der Waals surface area (Å²) in [6, 6.07) is 0. The van der Waals surface area contributed by atoms with Crippen LogP contribution in [0, 0.1) is 5.92 Å². The molecule has 1 heterocycles. The number of halogens is 1. The Morgan fingerprint density at radius 1 is 1.26 bits per heavy atom. The number of ether oxygens (including phenoxy) is 4. The van der Waals surface area contributed by atoms with Gasteiger partial charge in [0.2, 0.25) is 0 Å². The fourth-order valence-corrected chi connectivity index (χ4v) is 2.32. The SMILES string of the molecule is CC(=O)O/C=C/[C@H]1/C(=C/Cl)CO[C@@H]1[C@@H](COC(C)=O)OC(C)=O. The molecule has 1 fully saturated rings. The molecule has 7 nitrogen and oxygen atoms in total. The van der Waals surface area contributed by atoms with Crippen LogP contribution >= 0.6 is 11.6 Å². The lowest BCUT2D eigenvalue weighted by Gasteiger charge is -2.25. The second-order valence-corrected chi connectivity index (χ2v) is 5.09. The molecule has 128 valence electrons. The number of carbonyl (C=O) groups is 3. The maximum atomic E-state index is 11.3. The summed E-state index contributed by atoms with van der Waals surface area (Å²) in [5, 5.41) is 0. The van der Waals surface area contributed by atoms with Crippen molar-refractivity contribution in [2.45, 2.75) is 33.0 Å². The van der Waals surface area contributed by atoms with Gasteiger partial charge in [0, 0.05) is 32.2 Å². The van der Waals surface area contributed by atoms with Gasteiger partial charge in [0.1, 0.15) is 12.7 Å². The molecule has 1 rings (SSSR count). The summed E-state index contributed by atoms with van der Waals surface area (Å²) < 4.78 is 20.5. The summed E-state index contributed by atoms with van der Waals surface area (Å²) in [4.78, 5) is 33.1. The summed E-state index contributed by atoms with van der Waals surface area (Å²) in [6.07, 6.45) is 1.39. The minimum absolute atomic E-state index is 0.146. The van der Waals surface area contributed by atoms with Crippen molar-refractivity contribution in [3.63, 3.8) is 0 Å². The van der Waals surface area contributed by atoms with Crippen molar-refractivity contribution in [2.24, 2.45) is 5.92 Å². The predicted octanol–water partition coefficient (Wildman–Crippen LogP) is 1.70. The Balaban J connectivity index is 2.91. The van der Waals surface area contributed by atoms with Gasteiger partial charge in [-0.2, -0.15) is 0 Å². The molecule has 0 radical (unpaired) electrons. The van der Waals surface area contributed by atoms with Crippen LogP contribution in [-0.4, -0.2) is 43.3 Å². The molecule has 0 amide bonds. The highest BCUT2D eigenvalue weighted by molar-refractivity contribution is 6.25. The molecule has 0 aromatic carbocycles. The van der Waals surface area contributed by atoms with Crippen LogP contribution in [0.15, 0.2) is 23.4 Å². The number of carbonyl (C=O) groups excluding carboxylic acids is 3. The summed E-state index contributed by atoms with van der Waals surface area (Å²) in [5.41, 5.74) is 2.08. The van der Waals surface area contributed by atoms with Crippen LogP contribution in [-0.2, 0) is 33.3 Å². The van der Waals surface area contributed by atoms with E-state index in [0.717, 1.165) is 5.57 Å². The monoisotopic (exact) mass is 346 g/mol. The zero-order valence-corrected chi connectivity index (χ0v) is 13.9. The second kappa shape index (κ2) is 9.32. The Morgan fingerprint density at radius 2 is 1.96 bits per heavy atom. The Labute approximate surface area is 139 Å². The highest BCUT2D eigenvalue weighted by atomic mass is 35.5. The maximum Gasteiger partial charge on any atom is 0.307 e. The first-order valence-electron chi connectivity index (χ1n) is 6.90. The summed E-state index contributed by atoms with van der Waals surface area (Å²) >= 11 is 5.77. The minimum Gasteiger partial charge on any atom is -0.462 e. The minimum atomic E-state index is -0.808. The first-order valence-corrected chi connectivity index (χ1v) is 7.34. The third-order valence-corrected chi connectivity index (χ3v) is 3.30. The van der Waals surface area contributed by atoms with Crippen LogP contribution in [0.25, 0.3) is 0 Å². The summed E-state index contributed by atoms with van der Waals surface area (Å²) in [5.74, 6) is -1.88. The Hall–Kier alpha value is -1.86. The van der Waals surface area contributed by atoms with Crippen molar-refractivity contribution in [2.75, 3.05) is 13.2 Å². The molecular weight excluding hydrogens is 328 g/mol. The van der Waals surface area contributed by atoms with Crippen molar-refractivity contribution in [1.82, 2.24) is 0 Å². The molecule has 0 N–H and O–H groups in total. The van der Waals surface area contributed by atoms with E-state index in [0.29, 0.717) is 0 Å². The number of hydrogen-bond acceptors (Lipinski definition) is 7. The standard InChI is InChI=1S/C15H19ClO7/c1-9(17)20-5-4-13-12(6-16)7-22-15(13)14(23-11(3)19)8-21-10(2)18/h4-6,13-15H,7-8H2,1-3H3/b5-4+,12-6+/t13-,14+,15-/m0/s1. The molecule has 23 heavy (non-hydrogen) atoms. The summed E-state index contributed by atoms with van der Waals surface area (Å²) in [7, 11) is 0. The van der Waals surface area contributed by atoms with Crippen molar-refractivity contribution in [3.05, 3.63) is 23.4 Å². The maximum absolute atomic E-state index is 11.3. The van der Waals surface area contributed by atoms with Gasteiger partial charge in [-0.1, -0.05) is 11.6 Å². The van der Waals surface area contributed by atoms with Gasteiger partial charge < -0.3 is 18.9 Å². The molecule has 0 aromatic heterocycles. The molecule has 0 bridgehead atoms. The average Bonchev–Trinajstić information content (AvgIpc) is 2.85. The van der Waals surface area contributed by atoms with Gasteiger partial charge >= 0.3 is 17.9 Å². The van der Waals surface area contributed by atoms with Crippen molar-refractivity contribution >= 4 is 29.5 Å². The van der Waals surface area contributed by atoms with Crippen LogP contribution in [0.1, 0.15) is 20.8 Å². The van der Waals surface area contributed by atoms with Crippen LogP contribution < -0.4 is 0 Å². The van der Waals surface area contributed by atoms with Crippen LogP contribution in [0.3, 0.4) is 0 Å². The number of rotatable bonds is 6.